The molecule has 3 N–H and O–H groups in total. The van der Waals surface area contributed by atoms with Crippen molar-refractivity contribution in [3.8, 4) is 22.3 Å². The Balaban J connectivity index is 1.53. The fourth-order valence-electron chi connectivity index (χ4n) is 6.33. The summed E-state index contributed by atoms with van der Waals surface area (Å²) >= 11 is 0. The molecule has 0 aliphatic carbocycles. The van der Waals surface area contributed by atoms with Gasteiger partial charge in [0.25, 0.3) is 12.3 Å². The number of alkyl halides is 2. The minimum Gasteiger partial charge on any atom is -0.389 e. The summed E-state index contributed by atoms with van der Waals surface area (Å²) in [5.74, 6) is -1.96. The van der Waals surface area contributed by atoms with E-state index in [2.05, 4.69) is 10.3 Å². The van der Waals surface area contributed by atoms with E-state index in [1.54, 1.807) is 17.0 Å². The third-order valence-corrected chi connectivity index (χ3v) is 8.04. The summed E-state index contributed by atoms with van der Waals surface area (Å²) in [6.07, 6.45) is -0.803. The molecular weight excluding hydrogens is 538 g/mol. The molecular formula is C30H29F4N5O2. The van der Waals surface area contributed by atoms with E-state index in [1.165, 1.54) is 50.2 Å². The highest BCUT2D eigenvalue weighted by atomic mass is 19.3. The number of fused-ring (bicyclic) bond motifs is 3. The van der Waals surface area contributed by atoms with Gasteiger partial charge in [-0.15, -0.1) is 5.10 Å². The number of aromatic nitrogens is 3. The molecule has 11 heteroatoms. The van der Waals surface area contributed by atoms with Crippen molar-refractivity contribution in [2.24, 2.45) is 5.73 Å². The molecule has 2 aliphatic heterocycles. The summed E-state index contributed by atoms with van der Waals surface area (Å²) in [6.45, 7) is 2.76. The van der Waals surface area contributed by atoms with Crippen LogP contribution in [-0.2, 0) is 6.54 Å². The van der Waals surface area contributed by atoms with Crippen LogP contribution in [0.5, 0.6) is 0 Å². The maximum absolute atomic E-state index is 16.1. The molecule has 7 nitrogen and oxygen atoms in total. The summed E-state index contributed by atoms with van der Waals surface area (Å²) in [4.78, 5) is 15.4. The van der Waals surface area contributed by atoms with Crippen LogP contribution in [-0.4, -0.2) is 54.6 Å². The van der Waals surface area contributed by atoms with Crippen LogP contribution in [0.3, 0.4) is 0 Å². The van der Waals surface area contributed by atoms with Crippen molar-refractivity contribution >= 4 is 16.9 Å². The van der Waals surface area contributed by atoms with E-state index < -0.39 is 29.2 Å². The predicted molar refractivity (Wildman–Crippen MR) is 145 cm³/mol. The average Bonchev–Trinajstić information content (AvgIpc) is 3.59. The molecule has 41 heavy (non-hydrogen) atoms. The number of rotatable bonds is 6. The van der Waals surface area contributed by atoms with Gasteiger partial charge in [-0.1, -0.05) is 23.4 Å². The Morgan fingerprint density at radius 2 is 1.88 bits per heavy atom. The summed E-state index contributed by atoms with van der Waals surface area (Å²) in [6, 6.07) is 11.3. The lowest BCUT2D eigenvalue weighted by Crippen LogP contribution is -2.40. The van der Waals surface area contributed by atoms with Crippen molar-refractivity contribution in [3.63, 3.8) is 0 Å². The molecule has 6 rings (SSSR count). The highest BCUT2D eigenvalue weighted by molar-refractivity contribution is 5.99. The number of halogens is 4. The third kappa shape index (κ3) is 4.76. The fraction of sp³-hybridized carbons (Fsp3) is 0.367. The first-order valence-corrected chi connectivity index (χ1v) is 13.5. The van der Waals surface area contributed by atoms with Gasteiger partial charge in [0.2, 0.25) is 0 Å². The standard InChI is InChI=1S/C30H29F4N5O2/c1-30(2,41)14-38-27-23(36-37-38)13-21(26(32)25(27)28(33)34)19-8-6-16(11-20(19)15-4-3-5-17(31)10-15)29(40)39-18-7-9-24(39)22(35)12-18/h3-6,8,10-11,13,18,22,24,28,41H,7,9,12,14,35H2,1-2H3/t18-,22+,24+/m1/s1. The lowest BCUT2D eigenvalue weighted by atomic mass is 9.90. The third-order valence-electron chi connectivity index (χ3n) is 8.04. The van der Waals surface area contributed by atoms with E-state index in [0.717, 1.165) is 23.9 Å². The van der Waals surface area contributed by atoms with Gasteiger partial charge < -0.3 is 15.7 Å². The van der Waals surface area contributed by atoms with Gasteiger partial charge in [0.15, 0.2) is 0 Å². The second-order valence-corrected chi connectivity index (χ2v) is 11.6. The van der Waals surface area contributed by atoms with Crippen LogP contribution in [0.4, 0.5) is 17.6 Å². The monoisotopic (exact) mass is 567 g/mol. The maximum Gasteiger partial charge on any atom is 0.268 e. The number of hydrogen-bond acceptors (Lipinski definition) is 5. The lowest BCUT2D eigenvalue weighted by molar-refractivity contribution is 0.0581. The Kier molecular flexibility index (Phi) is 6.61. The van der Waals surface area contributed by atoms with Crippen molar-refractivity contribution in [1.29, 1.82) is 0 Å². The largest absolute Gasteiger partial charge is 0.389 e. The Hall–Kier alpha value is -3.83. The van der Waals surface area contributed by atoms with Crippen molar-refractivity contribution in [1.82, 2.24) is 19.9 Å². The molecule has 3 atom stereocenters. The van der Waals surface area contributed by atoms with E-state index in [0.29, 0.717) is 16.7 Å². The minimum absolute atomic E-state index is 0.00826. The van der Waals surface area contributed by atoms with Crippen LogP contribution in [0, 0.1) is 11.6 Å². The van der Waals surface area contributed by atoms with Crippen molar-refractivity contribution in [3.05, 3.63) is 71.3 Å². The molecule has 2 saturated heterocycles. The van der Waals surface area contributed by atoms with Crippen molar-refractivity contribution < 1.29 is 27.5 Å². The van der Waals surface area contributed by atoms with Gasteiger partial charge in [-0.3, -0.25) is 4.79 Å². The summed E-state index contributed by atoms with van der Waals surface area (Å²) in [5, 5.41) is 18.1. The minimum atomic E-state index is -3.22. The van der Waals surface area contributed by atoms with Crippen LogP contribution in [0.1, 0.15) is 55.5 Å². The summed E-state index contributed by atoms with van der Waals surface area (Å²) in [5.41, 5.74) is 4.76. The highest BCUT2D eigenvalue weighted by Crippen LogP contribution is 2.42. The topological polar surface area (TPSA) is 97.3 Å². The van der Waals surface area contributed by atoms with E-state index in [4.69, 9.17) is 5.73 Å². The fourth-order valence-corrected chi connectivity index (χ4v) is 6.33. The molecule has 1 amide bonds. The SMILES string of the molecule is CC(C)(O)Cn1nnc2cc(-c3ccc(C(=O)N4[C@@H]5CC[C@H]4[C@@H](N)C5)cc3-c3cccc(F)c3)c(F)c(C(F)F)c21. The summed E-state index contributed by atoms with van der Waals surface area (Å²) in [7, 11) is 0. The molecule has 214 valence electrons. The van der Waals surface area contributed by atoms with E-state index >= 15 is 4.39 Å². The van der Waals surface area contributed by atoms with Crippen LogP contribution >= 0.6 is 0 Å². The average molecular weight is 568 g/mol. The number of amides is 1. The van der Waals surface area contributed by atoms with E-state index in [-0.39, 0.29) is 52.7 Å². The van der Waals surface area contributed by atoms with Crippen LogP contribution in [0.25, 0.3) is 33.3 Å². The number of nitrogens with two attached hydrogens (primary N) is 1. The van der Waals surface area contributed by atoms with E-state index in [9.17, 15) is 23.1 Å². The number of nitrogens with zero attached hydrogens (tertiary/aromatic N) is 4. The zero-order valence-electron chi connectivity index (χ0n) is 22.5. The van der Waals surface area contributed by atoms with Gasteiger partial charge in [-0.2, -0.15) is 0 Å². The van der Waals surface area contributed by atoms with Gasteiger partial charge in [-0.05, 0) is 80.1 Å². The van der Waals surface area contributed by atoms with Crippen LogP contribution in [0.15, 0.2) is 48.5 Å². The molecule has 0 unspecified atom stereocenters. The van der Waals surface area contributed by atoms with Gasteiger partial charge in [0.1, 0.15) is 22.7 Å². The molecule has 1 aromatic heterocycles. The smallest absolute Gasteiger partial charge is 0.268 e. The van der Waals surface area contributed by atoms with Gasteiger partial charge in [0.05, 0.1) is 17.7 Å². The molecule has 0 spiro atoms. The number of carbonyl (C=O) groups excluding carboxylic acids is 1. The number of benzene rings is 3. The van der Waals surface area contributed by atoms with Crippen molar-refractivity contribution in [2.75, 3.05) is 0 Å². The number of hydrogen-bond donors (Lipinski definition) is 2. The zero-order chi connectivity index (χ0) is 29.2. The normalized spacial score (nSPS) is 20.5. The van der Waals surface area contributed by atoms with E-state index in [1.807, 2.05) is 0 Å². The molecule has 0 saturated carbocycles. The van der Waals surface area contributed by atoms with Gasteiger partial charge >= 0.3 is 0 Å². The molecule has 2 bridgehead atoms. The molecule has 4 aromatic rings. The Bertz CT molecular complexity index is 1660. The molecule has 2 fully saturated rings. The lowest BCUT2D eigenvalue weighted by Gasteiger charge is -2.24. The Morgan fingerprint density at radius 1 is 1.10 bits per heavy atom. The summed E-state index contributed by atoms with van der Waals surface area (Å²) < 4.78 is 60.3. The zero-order valence-corrected chi connectivity index (χ0v) is 22.5. The maximum atomic E-state index is 16.1. The second-order valence-electron chi connectivity index (χ2n) is 11.6. The number of aliphatic hydroxyl groups is 1. The molecule has 0 radical (unpaired) electrons. The highest BCUT2D eigenvalue weighted by Gasteiger charge is 2.47. The first kappa shape index (κ1) is 27.3. The molecule has 3 aromatic carbocycles. The number of carbonyl (C=O) groups is 1. The molecule has 2 aliphatic rings. The second kappa shape index (κ2) is 9.92. The van der Waals surface area contributed by atoms with Crippen LogP contribution < -0.4 is 5.73 Å². The molecule has 3 heterocycles. The van der Waals surface area contributed by atoms with Gasteiger partial charge in [-0.25, -0.2) is 22.2 Å². The quantitative estimate of drug-likeness (QED) is 0.302. The Morgan fingerprint density at radius 3 is 2.51 bits per heavy atom. The predicted octanol–water partition coefficient (Wildman–Crippen LogP) is 5.46. The van der Waals surface area contributed by atoms with Crippen LogP contribution in [0.2, 0.25) is 0 Å². The first-order valence-electron chi connectivity index (χ1n) is 13.5. The first-order chi connectivity index (χ1) is 19.4. The Labute approximate surface area is 233 Å². The van der Waals surface area contributed by atoms with Crippen molar-refractivity contribution in [2.45, 2.75) is 69.8 Å². The van der Waals surface area contributed by atoms with Gasteiger partial charge in [0, 0.05) is 29.3 Å².